The molecule has 1 aliphatic carbocycles. The second-order valence-corrected chi connectivity index (χ2v) is 6.80. The van der Waals surface area contributed by atoms with E-state index in [1.165, 1.54) is 0 Å². The molecule has 1 aliphatic rings. The molecule has 2 aromatic rings. The minimum atomic E-state index is -1.62. The van der Waals surface area contributed by atoms with Crippen LogP contribution in [0.15, 0.2) is 36.5 Å². The first kappa shape index (κ1) is 19.9. The molecule has 5 nitrogen and oxygen atoms in total. The Morgan fingerprint density at radius 1 is 0.929 bits per heavy atom. The van der Waals surface area contributed by atoms with Crippen LogP contribution < -0.4 is 10.6 Å². The van der Waals surface area contributed by atoms with E-state index in [1.54, 1.807) is 12.3 Å². The highest BCUT2D eigenvalue weighted by Crippen LogP contribution is 2.30. The van der Waals surface area contributed by atoms with E-state index in [1.807, 2.05) is 12.1 Å². The fourth-order valence-electron chi connectivity index (χ4n) is 3.30. The highest BCUT2D eigenvalue weighted by atomic mass is 19.2. The summed E-state index contributed by atoms with van der Waals surface area (Å²) < 4.78 is 39.9. The number of aromatic nitrogens is 1. The summed E-state index contributed by atoms with van der Waals surface area (Å²) >= 11 is 0. The van der Waals surface area contributed by atoms with Gasteiger partial charge in [0.2, 0.25) is 11.8 Å². The van der Waals surface area contributed by atoms with Gasteiger partial charge in [-0.15, -0.1) is 0 Å². The third-order valence-corrected chi connectivity index (χ3v) is 4.93. The molecule has 1 saturated carbocycles. The maximum Gasteiger partial charge on any atom is 0.227 e. The summed E-state index contributed by atoms with van der Waals surface area (Å²) in [6.45, 7) is 0.343. The summed E-state index contributed by atoms with van der Waals surface area (Å²) in [6.07, 6.45) is 3.61. The SMILES string of the molecule is O=C(NCc1ccccn1)C1CCC(C(=O)Nc2ccc(F)c(F)c2F)CC1. The van der Waals surface area contributed by atoms with Gasteiger partial charge in [-0.1, -0.05) is 6.07 Å². The van der Waals surface area contributed by atoms with Crippen molar-refractivity contribution in [3.63, 3.8) is 0 Å². The number of benzene rings is 1. The van der Waals surface area contributed by atoms with Gasteiger partial charge in [-0.3, -0.25) is 14.6 Å². The van der Waals surface area contributed by atoms with Crippen LogP contribution in [-0.2, 0) is 16.1 Å². The number of anilines is 1. The Labute approximate surface area is 160 Å². The second kappa shape index (κ2) is 8.86. The van der Waals surface area contributed by atoms with E-state index >= 15 is 0 Å². The summed E-state index contributed by atoms with van der Waals surface area (Å²) in [6, 6.07) is 7.20. The molecule has 1 heterocycles. The zero-order chi connectivity index (χ0) is 20.1. The molecule has 3 rings (SSSR count). The minimum Gasteiger partial charge on any atom is -0.350 e. The molecule has 28 heavy (non-hydrogen) atoms. The van der Waals surface area contributed by atoms with Gasteiger partial charge in [0.1, 0.15) is 0 Å². The molecule has 0 bridgehead atoms. The van der Waals surface area contributed by atoms with Crippen molar-refractivity contribution < 1.29 is 22.8 Å². The van der Waals surface area contributed by atoms with Crippen LogP contribution in [-0.4, -0.2) is 16.8 Å². The molecule has 0 saturated heterocycles. The molecule has 0 radical (unpaired) electrons. The summed E-state index contributed by atoms with van der Waals surface area (Å²) in [7, 11) is 0. The highest BCUT2D eigenvalue weighted by Gasteiger charge is 2.30. The summed E-state index contributed by atoms with van der Waals surface area (Å²) in [5.41, 5.74) is 0.372. The summed E-state index contributed by atoms with van der Waals surface area (Å²) in [5.74, 6) is -5.51. The lowest BCUT2D eigenvalue weighted by molar-refractivity contribution is -0.128. The number of rotatable bonds is 5. The van der Waals surface area contributed by atoms with Crippen LogP contribution in [0.4, 0.5) is 18.9 Å². The van der Waals surface area contributed by atoms with Gasteiger partial charge in [0.05, 0.1) is 17.9 Å². The number of hydrogen-bond acceptors (Lipinski definition) is 3. The van der Waals surface area contributed by atoms with Gasteiger partial charge in [0, 0.05) is 18.0 Å². The molecule has 1 aromatic carbocycles. The van der Waals surface area contributed by atoms with E-state index in [4.69, 9.17) is 0 Å². The van der Waals surface area contributed by atoms with Crippen LogP contribution in [0.2, 0.25) is 0 Å². The van der Waals surface area contributed by atoms with Crippen molar-refractivity contribution in [1.29, 1.82) is 0 Å². The van der Waals surface area contributed by atoms with E-state index in [2.05, 4.69) is 15.6 Å². The lowest BCUT2D eigenvalue weighted by Gasteiger charge is -2.27. The number of nitrogens with one attached hydrogen (secondary N) is 2. The van der Waals surface area contributed by atoms with Crippen LogP contribution in [0.25, 0.3) is 0 Å². The molecular formula is C20H20F3N3O2. The molecule has 1 aromatic heterocycles. The minimum absolute atomic E-state index is 0.0869. The molecule has 0 unspecified atom stereocenters. The van der Waals surface area contributed by atoms with E-state index in [9.17, 15) is 22.8 Å². The van der Waals surface area contributed by atoms with Crippen LogP contribution in [0.5, 0.6) is 0 Å². The van der Waals surface area contributed by atoms with Crippen LogP contribution >= 0.6 is 0 Å². The maximum absolute atomic E-state index is 13.7. The molecule has 2 N–H and O–H groups in total. The number of hydrogen-bond donors (Lipinski definition) is 2. The Hall–Kier alpha value is -2.90. The van der Waals surface area contributed by atoms with Gasteiger partial charge in [-0.05, 0) is 49.9 Å². The van der Waals surface area contributed by atoms with Crippen LogP contribution in [0.3, 0.4) is 0 Å². The lowest BCUT2D eigenvalue weighted by Crippen LogP contribution is -2.35. The van der Waals surface area contributed by atoms with Crippen molar-refractivity contribution in [2.45, 2.75) is 32.2 Å². The number of amides is 2. The molecule has 0 aliphatic heterocycles. The first-order valence-corrected chi connectivity index (χ1v) is 9.07. The molecule has 0 spiro atoms. The third-order valence-electron chi connectivity index (χ3n) is 4.93. The zero-order valence-corrected chi connectivity index (χ0v) is 15.1. The van der Waals surface area contributed by atoms with E-state index < -0.39 is 29.3 Å². The fourth-order valence-corrected chi connectivity index (χ4v) is 3.30. The van der Waals surface area contributed by atoms with Crippen molar-refractivity contribution in [2.75, 3.05) is 5.32 Å². The van der Waals surface area contributed by atoms with Gasteiger partial charge in [-0.2, -0.15) is 0 Å². The standard InChI is InChI=1S/C20H20F3N3O2/c21-15-8-9-16(18(23)17(15)22)26-20(28)13-6-4-12(5-7-13)19(27)25-11-14-3-1-2-10-24-14/h1-3,8-10,12-13H,4-7,11H2,(H,25,27)(H,26,28). The van der Waals surface area contributed by atoms with Gasteiger partial charge >= 0.3 is 0 Å². The first-order valence-electron chi connectivity index (χ1n) is 9.07. The van der Waals surface area contributed by atoms with Crippen molar-refractivity contribution in [3.8, 4) is 0 Å². The van der Waals surface area contributed by atoms with Gasteiger partial charge in [0.25, 0.3) is 0 Å². The van der Waals surface area contributed by atoms with Crippen molar-refractivity contribution in [3.05, 3.63) is 59.7 Å². The lowest BCUT2D eigenvalue weighted by atomic mass is 9.81. The smallest absolute Gasteiger partial charge is 0.227 e. The van der Waals surface area contributed by atoms with Crippen molar-refractivity contribution in [2.24, 2.45) is 11.8 Å². The Bertz CT molecular complexity index is 853. The largest absolute Gasteiger partial charge is 0.350 e. The van der Waals surface area contributed by atoms with Gasteiger partial charge in [0.15, 0.2) is 17.5 Å². The van der Waals surface area contributed by atoms with Crippen LogP contribution in [0.1, 0.15) is 31.4 Å². The van der Waals surface area contributed by atoms with Gasteiger partial charge in [-0.25, -0.2) is 13.2 Å². The van der Waals surface area contributed by atoms with E-state index in [0.29, 0.717) is 32.2 Å². The average Bonchev–Trinajstić information content (AvgIpc) is 2.73. The Morgan fingerprint density at radius 2 is 1.61 bits per heavy atom. The molecule has 1 fully saturated rings. The Kier molecular flexibility index (Phi) is 6.28. The number of halogens is 3. The predicted molar refractivity (Wildman–Crippen MR) is 96.5 cm³/mol. The normalized spacial score (nSPS) is 19.1. The highest BCUT2D eigenvalue weighted by molar-refractivity contribution is 5.93. The predicted octanol–water partition coefficient (Wildman–Crippen LogP) is 3.56. The summed E-state index contributed by atoms with van der Waals surface area (Å²) in [5, 5.41) is 5.15. The van der Waals surface area contributed by atoms with E-state index in [-0.39, 0.29) is 17.5 Å². The Balaban J connectivity index is 1.48. The van der Waals surface area contributed by atoms with E-state index in [0.717, 1.165) is 17.8 Å². The number of carbonyl (C=O) groups is 2. The van der Waals surface area contributed by atoms with Crippen LogP contribution in [0, 0.1) is 29.3 Å². The second-order valence-electron chi connectivity index (χ2n) is 6.80. The van der Waals surface area contributed by atoms with Crippen molar-refractivity contribution >= 4 is 17.5 Å². The molecule has 148 valence electrons. The third kappa shape index (κ3) is 4.68. The zero-order valence-electron chi connectivity index (χ0n) is 15.1. The van der Waals surface area contributed by atoms with Crippen molar-refractivity contribution in [1.82, 2.24) is 10.3 Å². The molecular weight excluding hydrogens is 371 g/mol. The molecule has 0 atom stereocenters. The first-order chi connectivity index (χ1) is 13.5. The Morgan fingerprint density at radius 3 is 2.25 bits per heavy atom. The quantitative estimate of drug-likeness (QED) is 0.766. The summed E-state index contributed by atoms with van der Waals surface area (Å²) in [4.78, 5) is 28.7. The maximum atomic E-state index is 13.7. The molecule has 8 heteroatoms. The average molecular weight is 391 g/mol. The number of carbonyl (C=O) groups excluding carboxylic acids is 2. The fraction of sp³-hybridized carbons (Fsp3) is 0.350. The topological polar surface area (TPSA) is 71.1 Å². The number of pyridine rings is 1. The molecule has 2 amide bonds. The number of nitrogens with zero attached hydrogens (tertiary/aromatic N) is 1. The monoisotopic (exact) mass is 391 g/mol. The van der Waals surface area contributed by atoms with Gasteiger partial charge < -0.3 is 10.6 Å².